The summed E-state index contributed by atoms with van der Waals surface area (Å²) in [6.07, 6.45) is -11.6. The zero-order valence-corrected chi connectivity index (χ0v) is 33.1. The van der Waals surface area contributed by atoms with Gasteiger partial charge in [0.05, 0.1) is 16.5 Å². The van der Waals surface area contributed by atoms with Gasteiger partial charge in [0, 0.05) is 6.07 Å². The molecule has 0 saturated carbocycles. The van der Waals surface area contributed by atoms with Crippen molar-refractivity contribution in [2.45, 2.75) is 20.9 Å². The summed E-state index contributed by atoms with van der Waals surface area (Å²) >= 11 is 0. The Kier molecular flexibility index (Phi) is 14.0. The molecule has 0 spiro atoms. The van der Waals surface area contributed by atoms with Gasteiger partial charge in [0.15, 0.2) is 84.5 Å². The monoisotopic (exact) mass is 1010 g/mol. The number of rotatable bonds is 7. The van der Waals surface area contributed by atoms with Crippen molar-refractivity contribution in [1.29, 1.82) is 0 Å². The minimum Gasteiger partial charge on any atom is -0.207 e. The fourth-order valence-electron chi connectivity index (χ4n) is 7.20. The van der Waals surface area contributed by atoms with Gasteiger partial charge >= 0.3 is 6.18 Å². The third-order valence-electron chi connectivity index (χ3n) is 10.1. The van der Waals surface area contributed by atoms with Crippen LogP contribution in [0.5, 0.6) is 0 Å². The highest BCUT2D eigenvalue weighted by atomic mass is 32.2. The SMILES string of the molecule is FC(F)(F)c1cccc([S+](c2ccccc2)c2ccccc2)c1.Fc1c(F)c(F)c([B-](c2c(F)c(F)c(F)c(F)c2F)(c2c(F)c(F)c(F)c(F)c2F)c2c(F)c(F)c(F)c(F)c2F)c(F)c1F. The van der Waals surface area contributed by atoms with Crippen molar-refractivity contribution in [3.8, 4) is 0 Å². The average Bonchev–Trinajstić information content (AvgIpc) is 3.32. The van der Waals surface area contributed by atoms with E-state index in [0.717, 1.165) is 15.9 Å². The smallest absolute Gasteiger partial charge is 0.207 e. The summed E-state index contributed by atoms with van der Waals surface area (Å²) in [5.41, 5.74) is -14.9. The van der Waals surface area contributed by atoms with E-state index in [4.69, 9.17) is 0 Å². The Morgan fingerprint density at radius 2 is 0.485 bits per heavy atom. The van der Waals surface area contributed by atoms with Crippen molar-refractivity contribution in [2.24, 2.45) is 0 Å². The summed E-state index contributed by atoms with van der Waals surface area (Å²) in [5.74, 6) is -71.4. The minimum atomic E-state index is -7.22. The van der Waals surface area contributed by atoms with E-state index in [9.17, 15) is 65.9 Å². The molecule has 0 radical (unpaired) electrons. The zero-order chi connectivity index (χ0) is 50.6. The van der Waals surface area contributed by atoms with Crippen LogP contribution in [-0.4, -0.2) is 6.15 Å². The van der Waals surface area contributed by atoms with E-state index in [1.165, 1.54) is 12.1 Å². The third kappa shape index (κ3) is 8.16. The highest BCUT2D eigenvalue weighted by Gasteiger charge is 2.52. The first-order valence-corrected chi connectivity index (χ1v) is 19.2. The Hall–Kier alpha value is -6.66. The largest absolute Gasteiger partial charge is 0.416 e. The zero-order valence-electron chi connectivity index (χ0n) is 32.3. The first kappa shape index (κ1) is 50.8. The van der Waals surface area contributed by atoms with Crippen molar-refractivity contribution >= 4 is 38.9 Å². The quantitative estimate of drug-likeness (QED) is 0.0491. The number of benzene rings is 7. The predicted molar refractivity (Wildman–Crippen MR) is 196 cm³/mol. The number of hydrogen-bond acceptors (Lipinski definition) is 0. The van der Waals surface area contributed by atoms with E-state index in [1.54, 1.807) is 6.07 Å². The van der Waals surface area contributed by atoms with Gasteiger partial charge in [0.2, 0.25) is 0 Å². The molecule has 0 atom stereocenters. The van der Waals surface area contributed by atoms with Crippen molar-refractivity contribution in [3.63, 3.8) is 0 Å². The van der Waals surface area contributed by atoms with Crippen LogP contribution in [0, 0.1) is 116 Å². The van der Waals surface area contributed by atoms with Gasteiger partial charge in [0.25, 0.3) is 0 Å². The molecule has 0 heterocycles. The molecule has 0 amide bonds. The molecule has 0 aromatic heterocycles. The second kappa shape index (κ2) is 18.8. The molecule has 0 aliphatic heterocycles. The van der Waals surface area contributed by atoms with Gasteiger partial charge in [-0.25, -0.2) is 87.8 Å². The lowest BCUT2D eigenvalue weighted by atomic mass is 9.12. The van der Waals surface area contributed by atoms with Crippen LogP contribution < -0.4 is 21.9 Å². The molecule has 0 fully saturated rings. The van der Waals surface area contributed by atoms with E-state index in [1.807, 2.05) is 60.7 Å². The molecule has 7 rings (SSSR count). The molecular formula is C43H14BF23S. The van der Waals surface area contributed by atoms with Crippen LogP contribution >= 0.6 is 0 Å². The molecule has 0 nitrogen and oxygen atoms in total. The topological polar surface area (TPSA) is 0 Å². The summed E-state index contributed by atoms with van der Waals surface area (Å²) in [4.78, 5) is 2.66. The first-order chi connectivity index (χ1) is 31.8. The fraction of sp³-hybridized carbons (Fsp3) is 0.0233. The Bertz CT molecular complexity index is 2690. The number of halogens is 23. The van der Waals surface area contributed by atoms with Crippen molar-refractivity contribution in [2.75, 3.05) is 0 Å². The summed E-state index contributed by atoms with van der Waals surface area (Å²) < 4.78 is 333. The highest BCUT2D eigenvalue weighted by molar-refractivity contribution is 7.97. The maximum absolute atomic E-state index is 15.4. The number of hydrogen-bond donors (Lipinski definition) is 0. The average molecular weight is 1010 g/mol. The van der Waals surface area contributed by atoms with Gasteiger partial charge in [-0.05, 0) is 36.4 Å². The fourth-order valence-corrected chi connectivity index (χ4v) is 9.33. The van der Waals surface area contributed by atoms with Crippen LogP contribution in [0.3, 0.4) is 0 Å². The van der Waals surface area contributed by atoms with E-state index in [2.05, 4.69) is 0 Å². The van der Waals surface area contributed by atoms with E-state index in [-0.39, 0.29) is 0 Å². The Balaban J connectivity index is 0.000000276. The molecule has 0 aliphatic rings. The van der Waals surface area contributed by atoms with Gasteiger partial charge in [-0.1, -0.05) is 42.5 Å². The lowest BCUT2D eigenvalue weighted by Gasteiger charge is -2.44. The molecule has 0 saturated heterocycles. The predicted octanol–water partition coefficient (Wildman–Crippen LogP) is 11.6. The van der Waals surface area contributed by atoms with Crippen molar-refractivity contribution in [3.05, 3.63) is 207 Å². The maximum Gasteiger partial charge on any atom is 0.416 e. The lowest BCUT2D eigenvalue weighted by Crippen LogP contribution is -2.81. The van der Waals surface area contributed by atoms with Gasteiger partial charge in [-0.2, -0.15) is 13.2 Å². The minimum absolute atomic E-state index is 0.560. The molecular weight excluding hydrogens is 996 g/mol. The van der Waals surface area contributed by atoms with Gasteiger partial charge in [0.1, 0.15) is 52.7 Å². The van der Waals surface area contributed by atoms with E-state index >= 15 is 35.1 Å². The molecule has 68 heavy (non-hydrogen) atoms. The molecule has 356 valence electrons. The molecule has 0 unspecified atom stereocenters. The lowest BCUT2D eigenvalue weighted by molar-refractivity contribution is -0.137. The standard InChI is InChI=1S/C24BF20.C19H14F3S/c26-5-1(6(27)14(35)21(42)13(5)34)25(2-7(28)15(36)22(43)16(37)8(2)29,3-9(30)17(38)23(44)18(39)10(3)31)4-11(32)19(40)24(45)20(41)12(4)33;20-19(21,22)15-8-7-13-18(14-15)23(16-9-3-1-4-10-16)17-11-5-2-6-12-17/h;1-14H/q-1;+1. The van der Waals surface area contributed by atoms with E-state index < -0.39 is 167 Å². The van der Waals surface area contributed by atoms with Crippen LogP contribution in [0.2, 0.25) is 0 Å². The Labute approximate surface area is 367 Å². The number of alkyl halides is 3. The van der Waals surface area contributed by atoms with E-state index in [0.29, 0.717) is 4.90 Å². The molecule has 0 bridgehead atoms. The van der Waals surface area contributed by atoms with Crippen LogP contribution in [0.25, 0.3) is 0 Å². The Morgan fingerprint density at radius 3 is 0.721 bits per heavy atom. The van der Waals surface area contributed by atoms with Crippen molar-refractivity contribution in [1.82, 2.24) is 0 Å². The van der Waals surface area contributed by atoms with Gasteiger partial charge in [-0.3, -0.25) is 0 Å². The maximum atomic E-state index is 15.4. The summed E-state index contributed by atoms with van der Waals surface area (Å²) in [7, 11) is -0.560. The Morgan fingerprint density at radius 1 is 0.265 bits per heavy atom. The van der Waals surface area contributed by atoms with Crippen LogP contribution in [-0.2, 0) is 17.1 Å². The molecule has 0 aliphatic carbocycles. The normalized spacial score (nSPS) is 11.9. The second-order valence-electron chi connectivity index (χ2n) is 13.8. The first-order valence-electron chi connectivity index (χ1n) is 18.0. The third-order valence-corrected chi connectivity index (χ3v) is 12.3. The molecule has 7 aromatic rings. The molecule has 25 heteroatoms. The van der Waals surface area contributed by atoms with Crippen LogP contribution in [0.4, 0.5) is 101 Å². The van der Waals surface area contributed by atoms with Crippen molar-refractivity contribution < 1.29 is 101 Å². The van der Waals surface area contributed by atoms with Gasteiger partial charge < -0.3 is 0 Å². The van der Waals surface area contributed by atoms with Crippen LogP contribution in [0.1, 0.15) is 5.56 Å². The second-order valence-corrected chi connectivity index (χ2v) is 15.8. The highest BCUT2D eigenvalue weighted by Crippen LogP contribution is 2.36. The van der Waals surface area contributed by atoms with Crippen LogP contribution in [0.15, 0.2) is 99.6 Å². The molecule has 7 aromatic carbocycles. The van der Waals surface area contributed by atoms with Gasteiger partial charge in [-0.15, -0.1) is 21.9 Å². The summed E-state index contributed by atoms with van der Waals surface area (Å²) in [6, 6.07) is 24.9. The molecule has 0 N–H and O–H groups in total. The summed E-state index contributed by atoms with van der Waals surface area (Å²) in [5, 5.41) is 0. The summed E-state index contributed by atoms with van der Waals surface area (Å²) in [6.45, 7) is 0.